The van der Waals surface area contributed by atoms with Crippen molar-refractivity contribution in [3.63, 3.8) is 0 Å². The van der Waals surface area contributed by atoms with Gasteiger partial charge in [0, 0.05) is 43.0 Å². The summed E-state index contributed by atoms with van der Waals surface area (Å²) in [7, 11) is 1.48. The van der Waals surface area contributed by atoms with Gasteiger partial charge in [-0.25, -0.2) is 9.98 Å². The maximum atomic E-state index is 12.8. The number of alkyl halides is 2. The van der Waals surface area contributed by atoms with Crippen LogP contribution in [0.15, 0.2) is 41.4 Å². The van der Waals surface area contributed by atoms with Crippen molar-refractivity contribution in [2.45, 2.75) is 45.9 Å². The van der Waals surface area contributed by atoms with Gasteiger partial charge in [-0.05, 0) is 51.0 Å². The Morgan fingerprint density at radius 1 is 1.24 bits per heavy atom. The van der Waals surface area contributed by atoms with E-state index >= 15 is 0 Å². The normalized spacial score (nSPS) is 14.6. The van der Waals surface area contributed by atoms with Crippen LogP contribution in [0.3, 0.4) is 0 Å². The number of nitrogens with zero attached hydrogens (tertiary/aromatic N) is 3. The molecule has 2 aromatic rings. The monoisotopic (exact) mass is 575 g/mol. The number of guanidine groups is 1. The summed E-state index contributed by atoms with van der Waals surface area (Å²) in [6, 6.07) is 11.2. The number of aromatic nitrogens is 1. The van der Waals surface area contributed by atoms with Crippen LogP contribution in [0.1, 0.15) is 31.0 Å². The van der Waals surface area contributed by atoms with Gasteiger partial charge in [0.15, 0.2) is 5.96 Å². The van der Waals surface area contributed by atoms with Crippen molar-refractivity contribution in [1.82, 2.24) is 15.6 Å². The standard InChI is InChI=1S/C23H31F2N5O2.HI/c1-4-26-23(27-15-17-8-9-19(31-3)14-20(17)32-22(24)25)29-18-10-12-30(13-11-18)21-7-5-6-16(2)28-21;/h5-9,14,18,22H,4,10-13,15H2,1-3H3,(H2,26,27,29);1H. The van der Waals surface area contributed by atoms with E-state index in [2.05, 4.69) is 30.2 Å². The summed E-state index contributed by atoms with van der Waals surface area (Å²) in [5, 5.41) is 6.70. The zero-order valence-corrected chi connectivity index (χ0v) is 21.5. The van der Waals surface area contributed by atoms with E-state index in [1.54, 1.807) is 12.1 Å². The first kappa shape index (κ1) is 26.9. The molecule has 3 rings (SSSR count). The van der Waals surface area contributed by atoms with Crippen molar-refractivity contribution in [3.8, 4) is 11.5 Å². The Morgan fingerprint density at radius 3 is 2.64 bits per heavy atom. The lowest BCUT2D eigenvalue weighted by Crippen LogP contribution is -2.48. The molecule has 7 nitrogen and oxygen atoms in total. The van der Waals surface area contributed by atoms with E-state index in [1.807, 2.05) is 32.0 Å². The topological polar surface area (TPSA) is 71.0 Å². The highest BCUT2D eigenvalue weighted by Crippen LogP contribution is 2.27. The van der Waals surface area contributed by atoms with Crippen LogP contribution >= 0.6 is 24.0 Å². The minimum Gasteiger partial charge on any atom is -0.497 e. The Bertz CT molecular complexity index is 908. The van der Waals surface area contributed by atoms with E-state index in [9.17, 15) is 8.78 Å². The number of pyridine rings is 1. The zero-order valence-electron chi connectivity index (χ0n) is 19.2. The predicted octanol–water partition coefficient (Wildman–Crippen LogP) is 4.34. The smallest absolute Gasteiger partial charge is 0.387 e. The number of aliphatic imine (C=N–C) groups is 1. The number of methoxy groups -OCH3 is 1. The average Bonchev–Trinajstić information content (AvgIpc) is 2.78. The SMILES string of the molecule is CCNC(=NCc1ccc(OC)cc1OC(F)F)NC1CCN(c2cccc(C)n2)CC1.I. The molecule has 0 unspecified atom stereocenters. The number of anilines is 1. The van der Waals surface area contributed by atoms with Gasteiger partial charge in [0.25, 0.3) is 0 Å². The quantitative estimate of drug-likeness (QED) is 0.278. The van der Waals surface area contributed by atoms with Gasteiger partial charge in [-0.15, -0.1) is 24.0 Å². The van der Waals surface area contributed by atoms with E-state index < -0.39 is 6.61 Å². The van der Waals surface area contributed by atoms with Gasteiger partial charge in [-0.3, -0.25) is 0 Å². The molecule has 1 aliphatic rings. The van der Waals surface area contributed by atoms with Crippen molar-refractivity contribution >= 4 is 35.8 Å². The lowest BCUT2D eigenvalue weighted by atomic mass is 10.1. The lowest BCUT2D eigenvalue weighted by Gasteiger charge is -2.34. The Labute approximate surface area is 211 Å². The van der Waals surface area contributed by atoms with E-state index in [-0.39, 0.29) is 42.3 Å². The van der Waals surface area contributed by atoms with E-state index in [4.69, 9.17) is 4.74 Å². The molecule has 1 aromatic heterocycles. The number of piperidine rings is 1. The summed E-state index contributed by atoms with van der Waals surface area (Å²) in [6.45, 7) is 3.77. The van der Waals surface area contributed by atoms with Gasteiger partial charge >= 0.3 is 6.61 Å². The fraction of sp³-hybridized carbons (Fsp3) is 0.478. The van der Waals surface area contributed by atoms with Gasteiger partial charge in [0.2, 0.25) is 0 Å². The molecule has 2 heterocycles. The fourth-order valence-electron chi connectivity index (χ4n) is 3.63. The van der Waals surface area contributed by atoms with Gasteiger partial charge in [0.1, 0.15) is 17.3 Å². The largest absolute Gasteiger partial charge is 0.497 e. The molecular formula is C23H32F2IN5O2. The minimum atomic E-state index is -2.91. The van der Waals surface area contributed by atoms with Crippen LogP contribution < -0.4 is 25.0 Å². The molecule has 0 amide bonds. The van der Waals surface area contributed by atoms with E-state index in [1.165, 1.54) is 13.2 Å². The molecule has 1 aromatic carbocycles. The Morgan fingerprint density at radius 2 is 2.00 bits per heavy atom. The molecule has 0 spiro atoms. The first-order chi connectivity index (χ1) is 15.5. The molecule has 2 N–H and O–H groups in total. The van der Waals surface area contributed by atoms with Crippen LogP contribution in [0.2, 0.25) is 0 Å². The second-order valence-electron chi connectivity index (χ2n) is 7.59. The third kappa shape index (κ3) is 8.17. The minimum absolute atomic E-state index is 0. The number of ether oxygens (including phenoxy) is 2. The van der Waals surface area contributed by atoms with E-state index in [0.29, 0.717) is 23.8 Å². The molecular weight excluding hydrogens is 543 g/mol. The summed E-state index contributed by atoms with van der Waals surface area (Å²) >= 11 is 0. The van der Waals surface area contributed by atoms with Crippen LogP contribution in [0.25, 0.3) is 0 Å². The molecule has 0 aliphatic carbocycles. The van der Waals surface area contributed by atoms with Crippen LogP contribution in [0.5, 0.6) is 11.5 Å². The molecule has 182 valence electrons. The summed E-state index contributed by atoms with van der Waals surface area (Å²) < 4.78 is 35.4. The Balaban J connectivity index is 0.00000385. The number of rotatable bonds is 8. The second kappa shape index (κ2) is 13.4. The Kier molecular flexibility index (Phi) is 10.9. The van der Waals surface area contributed by atoms with Crippen molar-refractivity contribution in [1.29, 1.82) is 0 Å². The molecule has 1 aliphatic heterocycles. The summed E-state index contributed by atoms with van der Waals surface area (Å²) in [5.41, 5.74) is 1.57. The highest BCUT2D eigenvalue weighted by Gasteiger charge is 2.21. The lowest BCUT2D eigenvalue weighted by molar-refractivity contribution is -0.0505. The average molecular weight is 575 g/mol. The number of benzene rings is 1. The van der Waals surface area contributed by atoms with Crippen LogP contribution in [0, 0.1) is 6.92 Å². The summed E-state index contributed by atoms with van der Waals surface area (Å²) in [4.78, 5) is 11.5. The zero-order chi connectivity index (χ0) is 22.9. The number of halogens is 3. The van der Waals surface area contributed by atoms with Crippen LogP contribution in [0.4, 0.5) is 14.6 Å². The van der Waals surface area contributed by atoms with Crippen LogP contribution in [-0.4, -0.2) is 50.3 Å². The first-order valence-corrected chi connectivity index (χ1v) is 10.8. The van der Waals surface area contributed by atoms with Crippen molar-refractivity contribution in [3.05, 3.63) is 47.7 Å². The first-order valence-electron chi connectivity index (χ1n) is 10.8. The molecule has 0 atom stereocenters. The fourth-order valence-corrected chi connectivity index (χ4v) is 3.63. The number of nitrogens with one attached hydrogen (secondary N) is 2. The Hall–Kier alpha value is -2.37. The predicted molar refractivity (Wildman–Crippen MR) is 137 cm³/mol. The van der Waals surface area contributed by atoms with Crippen molar-refractivity contribution in [2.24, 2.45) is 4.99 Å². The van der Waals surface area contributed by atoms with Crippen LogP contribution in [-0.2, 0) is 6.54 Å². The molecule has 0 bridgehead atoms. The van der Waals surface area contributed by atoms with Gasteiger partial charge in [-0.2, -0.15) is 8.78 Å². The van der Waals surface area contributed by atoms with Gasteiger partial charge < -0.3 is 25.0 Å². The van der Waals surface area contributed by atoms with Crippen molar-refractivity contribution < 1.29 is 18.3 Å². The van der Waals surface area contributed by atoms with Gasteiger partial charge in [-0.1, -0.05) is 6.07 Å². The molecule has 1 fully saturated rings. The molecule has 10 heteroatoms. The maximum Gasteiger partial charge on any atom is 0.387 e. The maximum absolute atomic E-state index is 12.8. The second-order valence-corrected chi connectivity index (χ2v) is 7.59. The molecule has 33 heavy (non-hydrogen) atoms. The highest BCUT2D eigenvalue weighted by atomic mass is 127. The highest BCUT2D eigenvalue weighted by molar-refractivity contribution is 14.0. The summed E-state index contributed by atoms with van der Waals surface area (Å²) in [6.07, 6.45) is 1.89. The molecule has 1 saturated heterocycles. The van der Waals surface area contributed by atoms with Crippen molar-refractivity contribution in [2.75, 3.05) is 31.6 Å². The number of aryl methyl sites for hydroxylation is 1. The third-order valence-electron chi connectivity index (χ3n) is 5.28. The molecule has 0 radical (unpaired) electrons. The number of hydrogen-bond donors (Lipinski definition) is 2. The number of hydrogen-bond acceptors (Lipinski definition) is 5. The van der Waals surface area contributed by atoms with E-state index in [0.717, 1.165) is 37.4 Å². The third-order valence-corrected chi connectivity index (χ3v) is 5.28. The van der Waals surface area contributed by atoms with Gasteiger partial charge in [0.05, 0.1) is 13.7 Å². The molecule has 0 saturated carbocycles. The summed E-state index contributed by atoms with van der Waals surface area (Å²) in [5.74, 6) is 2.18.